The Kier molecular flexibility index (Phi) is 8.57. The topological polar surface area (TPSA) is 26.6 Å². The second-order valence-electron chi connectivity index (χ2n) is 16.5. The van der Waals surface area contributed by atoms with Gasteiger partial charge in [0.1, 0.15) is 11.5 Å². The van der Waals surface area contributed by atoms with Crippen molar-refractivity contribution in [2.24, 2.45) is 6.98 Å². The third kappa shape index (κ3) is 6.03. The lowest BCUT2D eigenvalue weighted by atomic mass is 9.85. The summed E-state index contributed by atoms with van der Waals surface area (Å²) < 4.78 is 30.9. The van der Waals surface area contributed by atoms with Crippen LogP contribution in [0.1, 0.15) is 54.8 Å². The van der Waals surface area contributed by atoms with Gasteiger partial charge < -0.3 is 0 Å². The Hall–Kier alpha value is -6.82. The number of hydrogen-bond acceptors (Lipinski definition) is 1. The van der Waals surface area contributed by atoms with Crippen molar-refractivity contribution in [3.63, 3.8) is 0 Å². The molecule has 0 N–H and O–H groups in total. The molecule has 5 heteroatoms. The number of pyridine rings is 1. The second kappa shape index (κ2) is 15.1. The minimum Gasteiger partial charge on any atom is -0.294 e. The van der Waals surface area contributed by atoms with Gasteiger partial charge in [0.2, 0.25) is 6.33 Å². The average Bonchev–Trinajstić information content (AvgIpc) is 3.87. The molecule has 0 aliphatic rings. The number of fused-ring (bicyclic) bond motifs is 4. The van der Waals surface area contributed by atoms with Crippen LogP contribution in [0.4, 0.5) is 0 Å². The number of rotatable bonds is 9. The van der Waals surface area contributed by atoms with Crippen LogP contribution in [0.15, 0.2) is 195 Å². The Balaban J connectivity index is 1.26. The van der Waals surface area contributed by atoms with Gasteiger partial charge in [-0.2, -0.15) is 4.57 Å². The van der Waals surface area contributed by atoms with Gasteiger partial charge in [0, 0.05) is 17.0 Å². The Morgan fingerprint density at radius 3 is 1.83 bits per heavy atom. The Morgan fingerprint density at radius 2 is 1.13 bits per heavy atom. The maximum Gasteiger partial charge on any atom is 0.249 e. The van der Waals surface area contributed by atoms with Crippen LogP contribution in [0.3, 0.4) is 0 Å². The first-order valence-corrected chi connectivity index (χ1v) is 22.9. The van der Waals surface area contributed by atoms with Gasteiger partial charge in [-0.3, -0.25) is 4.57 Å². The third-order valence-corrected chi connectivity index (χ3v) is 17.1. The van der Waals surface area contributed by atoms with Crippen LogP contribution in [-0.4, -0.2) is 22.2 Å². The van der Waals surface area contributed by atoms with Gasteiger partial charge in [-0.05, 0) is 103 Å². The second-order valence-corrected chi connectivity index (χ2v) is 20.3. The summed E-state index contributed by atoms with van der Waals surface area (Å²) in [7, 11) is -3.12. The van der Waals surface area contributed by atoms with Crippen LogP contribution in [0.5, 0.6) is 0 Å². The van der Waals surface area contributed by atoms with E-state index in [-0.39, 0.29) is 0 Å². The molecule has 4 nitrogen and oxygen atoms in total. The van der Waals surface area contributed by atoms with Crippen molar-refractivity contribution in [2.45, 2.75) is 39.5 Å². The van der Waals surface area contributed by atoms with E-state index in [1.54, 1.807) is 6.33 Å². The molecule has 0 aliphatic carbocycles. The zero-order valence-corrected chi connectivity index (χ0v) is 35.4. The van der Waals surface area contributed by atoms with Gasteiger partial charge in [-0.1, -0.05) is 161 Å². The van der Waals surface area contributed by atoms with E-state index in [0.717, 1.165) is 33.4 Å². The Labute approximate surface area is 357 Å². The van der Waals surface area contributed by atoms with E-state index in [0.29, 0.717) is 17.4 Å². The summed E-state index contributed by atoms with van der Waals surface area (Å²) in [5.74, 6) is 1.59. The fraction of sp³-hybridized carbons (Fsp3) is 0.127. The quantitative estimate of drug-likeness (QED) is 0.0812. The highest BCUT2D eigenvalue weighted by Gasteiger charge is 2.42. The maximum absolute atomic E-state index is 8.39. The fourth-order valence-electron chi connectivity index (χ4n) is 9.61. The largest absolute Gasteiger partial charge is 0.294 e. The van der Waals surface area contributed by atoms with Crippen LogP contribution >= 0.6 is 0 Å². The summed E-state index contributed by atoms with van der Waals surface area (Å²) in [6.07, 6.45) is 3.69. The summed E-state index contributed by atoms with van der Waals surface area (Å²) in [6, 6.07) is 65.3. The molecular weight excluding hydrogens is 745 g/mol. The zero-order valence-electron chi connectivity index (χ0n) is 37.4. The molecule has 0 unspecified atom stereocenters. The van der Waals surface area contributed by atoms with Crippen molar-refractivity contribution in [2.75, 3.05) is 0 Å². The number of para-hydroxylation sites is 3. The zero-order chi connectivity index (χ0) is 43.5. The van der Waals surface area contributed by atoms with Crippen molar-refractivity contribution in [1.29, 1.82) is 0 Å². The number of benzene rings is 7. The molecule has 0 bridgehead atoms. The van der Waals surface area contributed by atoms with Crippen molar-refractivity contribution in [1.82, 2.24) is 14.1 Å². The van der Waals surface area contributed by atoms with E-state index in [1.807, 2.05) is 35.0 Å². The van der Waals surface area contributed by atoms with E-state index in [4.69, 9.17) is 9.10 Å². The number of aromatic nitrogens is 4. The van der Waals surface area contributed by atoms with Crippen LogP contribution in [0.25, 0.3) is 55.5 Å². The minimum absolute atomic E-state index is 0.359. The van der Waals surface area contributed by atoms with Crippen LogP contribution in [0, 0.1) is 0 Å². The van der Waals surface area contributed by atoms with E-state index >= 15 is 0 Å². The van der Waals surface area contributed by atoms with E-state index in [9.17, 15) is 0 Å². The molecule has 0 spiro atoms. The predicted octanol–water partition coefficient (Wildman–Crippen LogP) is 10.2. The average molecular weight is 797 g/mol. The fourth-order valence-corrected chi connectivity index (χ4v) is 14.4. The van der Waals surface area contributed by atoms with Crippen molar-refractivity contribution >= 4 is 61.7 Å². The summed E-state index contributed by atoms with van der Waals surface area (Å²) >= 11 is 0. The molecule has 10 aromatic rings. The minimum atomic E-state index is -3.12. The molecule has 0 amide bonds. The van der Waals surface area contributed by atoms with Crippen molar-refractivity contribution in [3.05, 3.63) is 206 Å². The van der Waals surface area contributed by atoms with Crippen molar-refractivity contribution < 1.29 is 8.68 Å². The molecule has 3 heterocycles. The monoisotopic (exact) mass is 796 g/mol. The smallest absolute Gasteiger partial charge is 0.249 e. The SMILES string of the molecule is [2H]C([2H])([2H])[n+]1cn(-c2cccc([Si](c3ccccc3)(c3ccccc3)c3ccc4c5ccccc5n(-c5cc(-c6c(C(C)C)cccc6C(C)C)ccn5)c4c3)c2)c2ccccc21. The summed E-state index contributed by atoms with van der Waals surface area (Å²) in [4.78, 5) is 5.14. The first kappa shape index (κ1) is 34.1. The Bertz CT molecular complexity index is 3230. The predicted molar refractivity (Wildman–Crippen MR) is 254 cm³/mol. The van der Waals surface area contributed by atoms with Gasteiger partial charge in [0.25, 0.3) is 0 Å². The van der Waals surface area contributed by atoms with E-state index < -0.39 is 15.0 Å². The molecule has 0 saturated heterocycles. The van der Waals surface area contributed by atoms with Gasteiger partial charge in [-0.25, -0.2) is 9.55 Å². The first-order valence-electron chi connectivity index (χ1n) is 22.4. The molecule has 3 aromatic heterocycles. The maximum atomic E-state index is 8.39. The number of aryl methyl sites for hydroxylation is 1. The third-order valence-electron chi connectivity index (χ3n) is 12.3. The van der Waals surface area contributed by atoms with Crippen LogP contribution in [0.2, 0.25) is 0 Å². The molecule has 60 heavy (non-hydrogen) atoms. The Morgan fingerprint density at radius 1 is 0.533 bits per heavy atom. The van der Waals surface area contributed by atoms with E-state index in [1.165, 1.54) is 53.0 Å². The standard InChI is InChI=1S/C55H49N4Si/c1-38(2)46-25-17-26-47(39(3)4)55(46)40-32-33-56-54(34-40)59-50-27-13-12-24-48(50)49-31-30-45(36-53(49)59)60(42-19-8-6-9-20-42,43-21-10-7-11-22-43)44-23-16-18-41(35-44)58-37-57(5)51-28-14-15-29-52(51)58/h6-39H,1-5H3/q+1/i5D3. The van der Waals surface area contributed by atoms with Crippen molar-refractivity contribution in [3.8, 4) is 22.6 Å². The van der Waals surface area contributed by atoms with Crippen LogP contribution < -0.4 is 25.3 Å². The molecule has 7 aromatic carbocycles. The van der Waals surface area contributed by atoms with Gasteiger partial charge >= 0.3 is 0 Å². The normalized spacial score (nSPS) is 13.0. The van der Waals surface area contributed by atoms with Gasteiger partial charge in [0.05, 0.1) is 22.1 Å². The summed E-state index contributed by atoms with van der Waals surface area (Å²) in [5.41, 5.74) is 9.72. The molecule has 0 atom stereocenters. The van der Waals surface area contributed by atoms with Gasteiger partial charge in [0.15, 0.2) is 19.1 Å². The lowest BCUT2D eigenvalue weighted by Gasteiger charge is -2.34. The molecular formula is C55H49N4Si+. The highest BCUT2D eigenvalue weighted by molar-refractivity contribution is 7.20. The lowest BCUT2D eigenvalue weighted by molar-refractivity contribution is -0.645. The number of imidazole rings is 1. The first-order chi connectivity index (χ1) is 30.6. The molecule has 0 radical (unpaired) electrons. The van der Waals surface area contributed by atoms with Crippen LogP contribution in [-0.2, 0) is 6.98 Å². The molecule has 0 saturated carbocycles. The highest BCUT2D eigenvalue weighted by Crippen LogP contribution is 2.38. The molecule has 10 rings (SSSR count). The molecule has 292 valence electrons. The summed E-state index contributed by atoms with van der Waals surface area (Å²) in [6.45, 7) is 6.77. The van der Waals surface area contributed by atoms with Gasteiger partial charge in [-0.15, -0.1) is 0 Å². The molecule has 0 fully saturated rings. The number of hydrogen-bond donors (Lipinski definition) is 0. The lowest BCUT2D eigenvalue weighted by Crippen LogP contribution is -2.74. The summed E-state index contributed by atoms with van der Waals surface area (Å²) in [5, 5.41) is 7.25. The molecule has 0 aliphatic heterocycles. The number of nitrogens with zero attached hydrogens (tertiary/aromatic N) is 4. The van der Waals surface area contributed by atoms with E-state index in [2.05, 4.69) is 190 Å². The highest BCUT2D eigenvalue weighted by atomic mass is 28.3.